The lowest BCUT2D eigenvalue weighted by atomic mass is 9.95. The van der Waals surface area contributed by atoms with Crippen molar-refractivity contribution in [2.75, 3.05) is 0 Å². The standard InChI is InChI=1S/C11H13Cl2NO/c1-6-9(12)7-5-15-11(2,3)4-8(7)14-10(6)13/h4-5H2,1-3H3. The Bertz CT molecular complexity index is 416. The van der Waals surface area contributed by atoms with Gasteiger partial charge in [-0.3, -0.25) is 0 Å². The molecule has 4 heteroatoms. The van der Waals surface area contributed by atoms with E-state index in [2.05, 4.69) is 4.98 Å². The monoisotopic (exact) mass is 245 g/mol. The Kier molecular flexibility index (Phi) is 2.70. The van der Waals surface area contributed by atoms with Crippen LogP contribution in [0.2, 0.25) is 10.2 Å². The number of hydrogen-bond acceptors (Lipinski definition) is 2. The van der Waals surface area contributed by atoms with E-state index in [4.69, 9.17) is 27.9 Å². The van der Waals surface area contributed by atoms with Crippen LogP contribution in [-0.4, -0.2) is 10.6 Å². The van der Waals surface area contributed by atoms with Crippen LogP contribution in [0.15, 0.2) is 0 Å². The zero-order valence-electron chi connectivity index (χ0n) is 9.03. The van der Waals surface area contributed by atoms with Gasteiger partial charge in [0.1, 0.15) is 5.15 Å². The molecule has 0 spiro atoms. The topological polar surface area (TPSA) is 22.1 Å². The predicted molar refractivity (Wildman–Crippen MR) is 61.6 cm³/mol. The number of pyridine rings is 1. The molecule has 0 fully saturated rings. The van der Waals surface area contributed by atoms with E-state index in [1.54, 1.807) is 0 Å². The van der Waals surface area contributed by atoms with Gasteiger partial charge in [0.2, 0.25) is 0 Å². The summed E-state index contributed by atoms with van der Waals surface area (Å²) in [6.07, 6.45) is 0.752. The van der Waals surface area contributed by atoms with Crippen LogP contribution in [-0.2, 0) is 17.8 Å². The Balaban J connectivity index is 2.54. The lowest BCUT2D eigenvalue weighted by Crippen LogP contribution is -2.32. The number of nitrogens with zero attached hydrogens (tertiary/aromatic N) is 1. The summed E-state index contributed by atoms with van der Waals surface area (Å²) in [6.45, 7) is 6.47. The molecule has 0 atom stereocenters. The van der Waals surface area contributed by atoms with E-state index >= 15 is 0 Å². The second kappa shape index (κ2) is 3.62. The number of halogens is 2. The minimum Gasteiger partial charge on any atom is -0.370 e. The molecule has 0 amide bonds. The lowest BCUT2D eigenvalue weighted by Gasteiger charge is -2.31. The van der Waals surface area contributed by atoms with Gasteiger partial charge < -0.3 is 4.74 Å². The van der Waals surface area contributed by atoms with Crippen molar-refractivity contribution in [1.82, 2.24) is 4.98 Å². The van der Waals surface area contributed by atoms with Crippen LogP contribution < -0.4 is 0 Å². The largest absolute Gasteiger partial charge is 0.370 e. The number of rotatable bonds is 0. The van der Waals surface area contributed by atoms with Crippen molar-refractivity contribution in [3.63, 3.8) is 0 Å². The van der Waals surface area contributed by atoms with Crippen LogP contribution in [0.1, 0.15) is 30.7 Å². The molecule has 15 heavy (non-hydrogen) atoms. The molecule has 0 aromatic carbocycles. The molecule has 82 valence electrons. The van der Waals surface area contributed by atoms with Gasteiger partial charge in [0.05, 0.1) is 22.9 Å². The van der Waals surface area contributed by atoms with Crippen LogP contribution in [0.5, 0.6) is 0 Å². The molecular weight excluding hydrogens is 233 g/mol. The maximum absolute atomic E-state index is 6.21. The second-order valence-electron chi connectivity index (χ2n) is 4.49. The molecule has 2 nitrogen and oxygen atoms in total. The van der Waals surface area contributed by atoms with Gasteiger partial charge in [0, 0.05) is 17.5 Å². The van der Waals surface area contributed by atoms with Gasteiger partial charge in [-0.25, -0.2) is 4.98 Å². The molecule has 0 unspecified atom stereocenters. The summed E-state index contributed by atoms with van der Waals surface area (Å²) < 4.78 is 5.70. The van der Waals surface area contributed by atoms with Gasteiger partial charge in [0.15, 0.2) is 0 Å². The van der Waals surface area contributed by atoms with Gasteiger partial charge in [-0.15, -0.1) is 0 Å². The molecule has 1 aliphatic rings. The summed E-state index contributed by atoms with van der Waals surface area (Å²) in [6, 6.07) is 0. The van der Waals surface area contributed by atoms with E-state index in [1.807, 2.05) is 20.8 Å². The fourth-order valence-electron chi connectivity index (χ4n) is 1.73. The molecular formula is C11H13Cl2NO. The lowest BCUT2D eigenvalue weighted by molar-refractivity contribution is -0.0412. The van der Waals surface area contributed by atoms with Crippen LogP contribution in [0.25, 0.3) is 0 Å². The number of aromatic nitrogens is 1. The van der Waals surface area contributed by atoms with E-state index in [9.17, 15) is 0 Å². The Hall–Kier alpha value is -0.310. The second-order valence-corrected chi connectivity index (χ2v) is 5.23. The quantitative estimate of drug-likeness (QED) is 0.653. The van der Waals surface area contributed by atoms with Crippen molar-refractivity contribution in [3.05, 3.63) is 27.0 Å². The third-order valence-corrected chi connectivity index (χ3v) is 3.57. The van der Waals surface area contributed by atoms with Gasteiger partial charge in [-0.2, -0.15) is 0 Å². The molecule has 2 heterocycles. The van der Waals surface area contributed by atoms with Crippen molar-refractivity contribution < 1.29 is 4.74 Å². The molecule has 1 aliphatic heterocycles. The third-order valence-electron chi connectivity index (χ3n) is 2.69. The highest BCUT2D eigenvalue weighted by Gasteiger charge is 2.29. The predicted octanol–water partition coefficient (Wildman–Crippen LogP) is 3.55. The van der Waals surface area contributed by atoms with Gasteiger partial charge >= 0.3 is 0 Å². The van der Waals surface area contributed by atoms with E-state index < -0.39 is 0 Å². The molecule has 1 aromatic heterocycles. The molecule has 1 aromatic rings. The minimum atomic E-state index is -0.179. The first-order valence-corrected chi connectivity index (χ1v) is 5.63. The maximum Gasteiger partial charge on any atom is 0.133 e. The molecule has 0 saturated carbocycles. The Labute approximate surface area is 99.6 Å². The van der Waals surface area contributed by atoms with E-state index in [0.29, 0.717) is 16.8 Å². The highest BCUT2D eigenvalue weighted by molar-refractivity contribution is 6.35. The molecule has 0 saturated heterocycles. The molecule has 0 aliphatic carbocycles. The fraction of sp³-hybridized carbons (Fsp3) is 0.545. The first kappa shape index (κ1) is 11.2. The van der Waals surface area contributed by atoms with Gasteiger partial charge in [0.25, 0.3) is 0 Å². The van der Waals surface area contributed by atoms with Crippen molar-refractivity contribution in [1.29, 1.82) is 0 Å². The summed E-state index contributed by atoms with van der Waals surface area (Å²) in [7, 11) is 0. The van der Waals surface area contributed by atoms with Crippen molar-refractivity contribution >= 4 is 23.2 Å². The van der Waals surface area contributed by atoms with Gasteiger partial charge in [-0.1, -0.05) is 23.2 Å². The normalized spacial score (nSPS) is 18.7. The summed E-state index contributed by atoms with van der Waals surface area (Å²) in [5.41, 5.74) is 2.60. The molecule has 2 rings (SSSR count). The smallest absolute Gasteiger partial charge is 0.133 e. The Morgan fingerprint density at radius 1 is 1.33 bits per heavy atom. The molecule has 0 bridgehead atoms. The summed E-state index contributed by atoms with van der Waals surface area (Å²) in [5, 5.41) is 1.19. The summed E-state index contributed by atoms with van der Waals surface area (Å²) in [5.74, 6) is 0. The number of hydrogen-bond donors (Lipinski definition) is 0. The highest BCUT2D eigenvalue weighted by Crippen LogP contribution is 2.34. The first-order chi connectivity index (χ1) is 6.91. The molecule has 0 N–H and O–H groups in total. The molecule has 0 radical (unpaired) electrons. The maximum atomic E-state index is 6.21. The average molecular weight is 246 g/mol. The zero-order chi connectivity index (χ0) is 11.2. The van der Waals surface area contributed by atoms with E-state index in [-0.39, 0.29) is 5.60 Å². The zero-order valence-corrected chi connectivity index (χ0v) is 10.5. The third kappa shape index (κ3) is 1.99. The summed E-state index contributed by atoms with van der Waals surface area (Å²) in [4.78, 5) is 4.37. The number of ether oxygens (including phenoxy) is 1. The highest BCUT2D eigenvalue weighted by atomic mass is 35.5. The van der Waals surface area contributed by atoms with Gasteiger partial charge in [-0.05, 0) is 20.8 Å². The fourth-order valence-corrected chi connectivity index (χ4v) is 2.23. The van der Waals surface area contributed by atoms with Crippen LogP contribution in [0, 0.1) is 6.92 Å². The van der Waals surface area contributed by atoms with Crippen molar-refractivity contribution in [3.8, 4) is 0 Å². The SMILES string of the molecule is Cc1c(Cl)nc2c(c1Cl)COC(C)(C)C2. The van der Waals surface area contributed by atoms with Crippen molar-refractivity contribution in [2.24, 2.45) is 0 Å². The average Bonchev–Trinajstić information content (AvgIpc) is 2.12. The minimum absolute atomic E-state index is 0.179. The van der Waals surface area contributed by atoms with Crippen LogP contribution in [0.4, 0.5) is 0 Å². The van der Waals surface area contributed by atoms with Crippen LogP contribution in [0.3, 0.4) is 0 Å². The van der Waals surface area contributed by atoms with Crippen molar-refractivity contribution in [2.45, 2.75) is 39.4 Å². The first-order valence-electron chi connectivity index (χ1n) is 4.88. The Morgan fingerprint density at radius 3 is 2.67 bits per heavy atom. The summed E-state index contributed by atoms with van der Waals surface area (Å²) >= 11 is 12.2. The van der Waals surface area contributed by atoms with E-state index in [1.165, 1.54) is 0 Å². The Morgan fingerprint density at radius 2 is 2.00 bits per heavy atom. The number of fused-ring (bicyclic) bond motifs is 1. The van der Waals surface area contributed by atoms with E-state index in [0.717, 1.165) is 23.2 Å². The van der Waals surface area contributed by atoms with Crippen LogP contribution >= 0.6 is 23.2 Å².